The Morgan fingerprint density at radius 2 is 2.18 bits per heavy atom. The molecule has 0 bridgehead atoms. The van der Waals surface area contributed by atoms with Crippen molar-refractivity contribution >= 4 is 28.4 Å². The number of aliphatic carboxylic acids is 1. The average Bonchev–Trinajstić information content (AvgIpc) is 2.66. The second-order valence-corrected chi connectivity index (χ2v) is 7.95. The lowest BCUT2D eigenvalue weighted by atomic mass is 9.77. The van der Waals surface area contributed by atoms with Crippen LogP contribution in [-0.4, -0.2) is 28.0 Å². The fourth-order valence-corrected chi connectivity index (χ4v) is 3.41. The topological polar surface area (TPSA) is 103 Å². The van der Waals surface area contributed by atoms with Crippen molar-refractivity contribution in [3.8, 4) is 6.07 Å². The number of aromatic nitrogens is 1. The number of para-hydroxylation sites is 1. The summed E-state index contributed by atoms with van der Waals surface area (Å²) in [6.45, 7) is 4.54. The minimum absolute atomic E-state index is 0.300. The summed E-state index contributed by atoms with van der Waals surface area (Å²) >= 11 is 0. The number of allylic oxidation sites excluding steroid dienone is 2. The van der Waals surface area contributed by atoms with Crippen LogP contribution in [0.5, 0.6) is 0 Å². The summed E-state index contributed by atoms with van der Waals surface area (Å²) in [5.74, 6) is -1.65. The third kappa shape index (κ3) is 4.37. The van der Waals surface area contributed by atoms with E-state index in [1.54, 1.807) is 12.1 Å². The Kier molecular flexibility index (Phi) is 5.46. The molecule has 1 atom stereocenters. The standard InChI is InChI=1S/C22H23N3O3/c1-22(2)8-6-14(7-9-22)18-5-3-4-15-10-16(13-24-20(15)18)21(28)25-17(12-23)11-19(26)27/h3-6,10,13,17H,7-9,11H2,1-2H3,(H,25,28)(H,26,27)/t17-/m1/s1. The van der Waals surface area contributed by atoms with Gasteiger partial charge in [-0.2, -0.15) is 5.26 Å². The Bertz CT molecular complexity index is 1000. The molecule has 1 heterocycles. The number of nitrogens with one attached hydrogen (secondary N) is 1. The minimum Gasteiger partial charge on any atom is -0.481 e. The summed E-state index contributed by atoms with van der Waals surface area (Å²) in [6, 6.07) is 8.33. The first-order chi connectivity index (χ1) is 13.3. The number of carboxylic acid groups (broad SMARTS) is 1. The third-order valence-electron chi connectivity index (χ3n) is 5.13. The maximum absolute atomic E-state index is 12.4. The second kappa shape index (κ2) is 7.81. The van der Waals surface area contributed by atoms with Gasteiger partial charge in [0.15, 0.2) is 0 Å². The van der Waals surface area contributed by atoms with Gasteiger partial charge in [0.05, 0.1) is 23.6 Å². The summed E-state index contributed by atoms with van der Waals surface area (Å²) < 4.78 is 0. The molecule has 1 aromatic carbocycles. The van der Waals surface area contributed by atoms with E-state index in [9.17, 15) is 9.59 Å². The molecular formula is C22H23N3O3. The Morgan fingerprint density at radius 3 is 2.82 bits per heavy atom. The highest BCUT2D eigenvalue weighted by molar-refractivity contribution is 5.99. The summed E-state index contributed by atoms with van der Waals surface area (Å²) in [5, 5.41) is 21.1. The lowest BCUT2D eigenvalue weighted by molar-refractivity contribution is -0.137. The molecule has 0 saturated heterocycles. The fourth-order valence-electron chi connectivity index (χ4n) is 3.41. The Morgan fingerprint density at radius 1 is 1.39 bits per heavy atom. The van der Waals surface area contributed by atoms with Gasteiger partial charge in [0.2, 0.25) is 0 Å². The van der Waals surface area contributed by atoms with Crippen LogP contribution in [0.2, 0.25) is 0 Å². The molecule has 6 heteroatoms. The predicted octanol–water partition coefficient (Wildman–Crippen LogP) is 3.92. The quantitative estimate of drug-likeness (QED) is 0.822. The average molecular weight is 377 g/mol. The smallest absolute Gasteiger partial charge is 0.306 e. The van der Waals surface area contributed by atoms with E-state index in [1.807, 2.05) is 12.1 Å². The number of amides is 1. The molecule has 1 aliphatic rings. The highest BCUT2D eigenvalue weighted by atomic mass is 16.4. The van der Waals surface area contributed by atoms with E-state index in [-0.39, 0.29) is 0 Å². The molecule has 0 unspecified atom stereocenters. The molecule has 6 nitrogen and oxygen atoms in total. The number of fused-ring (bicyclic) bond motifs is 1. The largest absolute Gasteiger partial charge is 0.481 e. The fraction of sp³-hybridized carbons (Fsp3) is 0.364. The van der Waals surface area contributed by atoms with Crippen molar-refractivity contribution in [2.45, 2.75) is 45.6 Å². The van der Waals surface area contributed by atoms with Gasteiger partial charge in [-0.15, -0.1) is 0 Å². The molecule has 1 amide bonds. The first-order valence-electron chi connectivity index (χ1n) is 9.29. The number of rotatable bonds is 5. The third-order valence-corrected chi connectivity index (χ3v) is 5.13. The normalized spacial score (nSPS) is 16.7. The number of hydrogen-bond donors (Lipinski definition) is 2. The van der Waals surface area contributed by atoms with Crippen molar-refractivity contribution in [1.82, 2.24) is 10.3 Å². The highest BCUT2D eigenvalue weighted by Crippen LogP contribution is 2.39. The summed E-state index contributed by atoms with van der Waals surface area (Å²) in [7, 11) is 0. The highest BCUT2D eigenvalue weighted by Gasteiger charge is 2.23. The minimum atomic E-state index is -1.14. The van der Waals surface area contributed by atoms with Crippen molar-refractivity contribution in [2.75, 3.05) is 0 Å². The maximum atomic E-state index is 12.4. The molecule has 144 valence electrons. The van der Waals surface area contributed by atoms with Crippen LogP contribution in [0.1, 0.15) is 55.5 Å². The van der Waals surface area contributed by atoms with Crippen LogP contribution >= 0.6 is 0 Å². The zero-order chi connectivity index (χ0) is 20.3. The number of carbonyl (C=O) groups excluding carboxylic acids is 1. The van der Waals surface area contributed by atoms with Crippen LogP contribution in [0.3, 0.4) is 0 Å². The Balaban J connectivity index is 1.87. The molecular weight excluding hydrogens is 354 g/mol. The predicted molar refractivity (Wildman–Crippen MR) is 106 cm³/mol. The number of carbonyl (C=O) groups is 2. The number of hydrogen-bond acceptors (Lipinski definition) is 4. The molecule has 0 radical (unpaired) electrons. The van der Waals surface area contributed by atoms with E-state index in [4.69, 9.17) is 10.4 Å². The number of benzene rings is 1. The molecule has 28 heavy (non-hydrogen) atoms. The lowest BCUT2D eigenvalue weighted by Crippen LogP contribution is -2.35. The Hall–Kier alpha value is -3.20. The van der Waals surface area contributed by atoms with E-state index in [0.717, 1.165) is 35.7 Å². The Labute approximate surface area is 163 Å². The van der Waals surface area contributed by atoms with Crippen LogP contribution in [0.15, 0.2) is 36.5 Å². The number of nitriles is 1. The van der Waals surface area contributed by atoms with Gasteiger partial charge in [0.1, 0.15) is 6.04 Å². The number of carboxylic acids is 1. The first kappa shape index (κ1) is 19.6. The molecule has 0 spiro atoms. The zero-order valence-electron chi connectivity index (χ0n) is 16.0. The number of pyridine rings is 1. The molecule has 2 aromatic rings. The zero-order valence-corrected chi connectivity index (χ0v) is 16.0. The van der Waals surface area contributed by atoms with E-state index < -0.39 is 24.3 Å². The molecule has 0 aliphatic heterocycles. The van der Waals surface area contributed by atoms with Gasteiger partial charge < -0.3 is 10.4 Å². The van der Waals surface area contributed by atoms with Crippen molar-refractivity contribution in [2.24, 2.45) is 5.41 Å². The van der Waals surface area contributed by atoms with Gasteiger partial charge in [-0.3, -0.25) is 14.6 Å². The molecule has 3 rings (SSSR count). The molecule has 2 N–H and O–H groups in total. The van der Waals surface area contributed by atoms with E-state index in [0.29, 0.717) is 11.0 Å². The molecule has 1 aromatic heterocycles. The van der Waals surface area contributed by atoms with Crippen molar-refractivity contribution in [1.29, 1.82) is 5.26 Å². The maximum Gasteiger partial charge on any atom is 0.306 e. The summed E-state index contributed by atoms with van der Waals surface area (Å²) in [4.78, 5) is 27.7. The van der Waals surface area contributed by atoms with Gasteiger partial charge in [0.25, 0.3) is 5.91 Å². The molecule has 0 fully saturated rings. The lowest BCUT2D eigenvalue weighted by Gasteiger charge is -2.29. The number of nitrogens with zero attached hydrogens (tertiary/aromatic N) is 2. The van der Waals surface area contributed by atoms with Gasteiger partial charge in [0, 0.05) is 17.1 Å². The van der Waals surface area contributed by atoms with E-state index >= 15 is 0 Å². The van der Waals surface area contributed by atoms with Crippen molar-refractivity contribution in [3.63, 3.8) is 0 Å². The first-order valence-corrected chi connectivity index (χ1v) is 9.29. The van der Waals surface area contributed by atoms with Crippen molar-refractivity contribution in [3.05, 3.63) is 47.7 Å². The molecule has 1 aliphatic carbocycles. The monoisotopic (exact) mass is 377 g/mol. The SMILES string of the molecule is CC1(C)CC=C(c2cccc3cc(C(=O)N[C@@H](C#N)CC(=O)O)cnc23)CC1. The van der Waals surface area contributed by atoms with E-state index in [1.165, 1.54) is 11.8 Å². The molecule has 0 saturated carbocycles. The summed E-state index contributed by atoms with van der Waals surface area (Å²) in [5.41, 5.74) is 3.82. The second-order valence-electron chi connectivity index (χ2n) is 7.95. The summed E-state index contributed by atoms with van der Waals surface area (Å²) in [6.07, 6.45) is 6.45. The van der Waals surface area contributed by atoms with Crippen LogP contribution < -0.4 is 5.32 Å². The van der Waals surface area contributed by atoms with Crippen LogP contribution in [0, 0.1) is 16.7 Å². The van der Waals surface area contributed by atoms with Crippen LogP contribution in [0.4, 0.5) is 0 Å². The van der Waals surface area contributed by atoms with Gasteiger partial charge in [-0.05, 0) is 36.3 Å². The van der Waals surface area contributed by atoms with Gasteiger partial charge >= 0.3 is 5.97 Å². The van der Waals surface area contributed by atoms with Gasteiger partial charge in [-0.1, -0.05) is 38.1 Å². The van der Waals surface area contributed by atoms with Crippen molar-refractivity contribution < 1.29 is 14.7 Å². The van der Waals surface area contributed by atoms with E-state index in [2.05, 4.69) is 36.3 Å². The van der Waals surface area contributed by atoms with Crippen LogP contribution in [-0.2, 0) is 4.79 Å². The van der Waals surface area contributed by atoms with Crippen LogP contribution in [0.25, 0.3) is 16.5 Å². The van der Waals surface area contributed by atoms with Gasteiger partial charge in [-0.25, -0.2) is 0 Å².